The van der Waals surface area contributed by atoms with Crippen molar-refractivity contribution in [2.24, 2.45) is 0 Å². The van der Waals surface area contributed by atoms with E-state index >= 15 is 0 Å². The molecule has 1 aromatic rings. The molecule has 1 heterocycles. The predicted molar refractivity (Wildman–Crippen MR) is 58.6 cm³/mol. The van der Waals surface area contributed by atoms with E-state index in [1.165, 1.54) is 12.1 Å². The SMILES string of the molecule is CC1(c2cc(F)c(F)cc2Br)CCCN1. The van der Waals surface area contributed by atoms with Crippen LogP contribution in [0.15, 0.2) is 16.6 Å². The number of hydrogen-bond acceptors (Lipinski definition) is 1. The first-order valence-corrected chi connectivity index (χ1v) is 5.72. The van der Waals surface area contributed by atoms with Gasteiger partial charge in [-0.25, -0.2) is 8.78 Å². The molecule has 82 valence electrons. The van der Waals surface area contributed by atoms with Crippen molar-refractivity contribution < 1.29 is 8.78 Å². The van der Waals surface area contributed by atoms with Crippen LogP contribution in [0.1, 0.15) is 25.3 Å². The van der Waals surface area contributed by atoms with Gasteiger partial charge in [-0.1, -0.05) is 15.9 Å². The Morgan fingerprint density at radius 3 is 2.60 bits per heavy atom. The first kappa shape index (κ1) is 11.0. The lowest BCUT2D eigenvalue weighted by molar-refractivity contribution is 0.424. The van der Waals surface area contributed by atoms with Crippen molar-refractivity contribution >= 4 is 15.9 Å². The van der Waals surface area contributed by atoms with Gasteiger partial charge in [0.1, 0.15) is 0 Å². The zero-order chi connectivity index (χ0) is 11.1. The van der Waals surface area contributed by atoms with Crippen LogP contribution in [0.2, 0.25) is 0 Å². The highest BCUT2D eigenvalue weighted by Crippen LogP contribution is 2.35. The van der Waals surface area contributed by atoms with Crippen LogP contribution in [-0.4, -0.2) is 6.54 Å². The standard InChI is InChI=1S/C11H12BrF2N/c1-11(3-2-4-15-11)7-5-9(13)10(14)6-8(7)12/h5-6,15H,2-4H2,1H3. The largest absolute Gasteiger partial charge is 0.308 e. The smallest absolute Gasteiger partial charge is 0.159 e. The molecule has 1 fully saturated rings. The maximum atomic E-state index is 13.2. The highest BCUT2D eigenvalue weighted by atomic mass is 79.9. The van der Waals surface area contributed by atoms with Crippen LogP contribution in [-0.2, 0) is 5.54 Å². The van der Waals surface area contributed by atoms with Crippen LogP contribution in [0, 0.1) is 11.6 Å². The Labute approximate surface area is 96.0 Å². The van der Waals surface area contributed by atoms with E-state index in [-0.39, 0.29) is 5.54 Å². The van der Waals surface area contributed by atoms with E-state index in [9.17, 15) is 8.78 Å². The molecule has 1 nitrogen and oxygen atoms in total. The molecule has 1 saturated heterocycles. The van der Waals surface area contributed by atoms with Gasteiger partial charge in [-0.2, -0.15) is 0 Å². The van der Waals surface area contributed by atoms with Gasteiger partial charge in [0.25, 0.3) is 0 Å². The molecule has 0 saturated carbocycles. The molecular formula is C11H12BrF2N. The summed E-state index contributed by atoms with van der Waals surface area (Å²) in [5, 5.41) is 3.32. The summed E-state index contributed by atoms with van der Waals surface area (Å²) in [4.78, 5) is 0. The molecule has 0 aromatic heterocycles. The second-order valence-electron chi connectivity index (χ2n) is 4.11. The zero-order valence-corrected chi connectivity index (χ0v) is 10.00. The molecular weight excluding hydrogens is 264 g/mol. The highest BCUT2D eigenvalue weighted by molar-refractivity contribution is 9.10. The summed E-state index contributed by atoms with van der Waals surface area (Å²) in [6, 6.07) is 2.47. The molecule has 0 aliphatic carbocycles. The van der Waals surface area contributed by atoms with Crippen LogP contribution in [0.4, 0.5) is 8.78 Å². The summed E-state index contributed by atoms with van der Waals surface area (Å²) in [7, 11) is 0. The molecule has 4 heteroatoms. The molecule has 1 N–H and O–H groups in total. The Kier molecular flexibility index (Phi) is 2.81. The molecule has 1 aliphatic heterocycles. The fourth-order valence-corrected chi connectivity index (χ4v) is 2.82. The minimum atomic E-state index is -0.813. The van der Waals surface area contributed by atoms with E-state index in [0.29, 0.717) is 4.47 Å². The number of benzene rings is 1. The van der Waals surface area contributed by atoms with Crippen LogP contribution in [0.25, 0.3) is 0 Å². The highest BCUT2D eigenvalue weighted by Gasteiger charge is 2.32. The third kappa shape index (κ3) is 1.93. The molecule has 0 spiro atoms. The van der Waals surface area contributed by atoms with Crippen molar-refractivity contribution in [3.63, 3.8) is 0 Å². The molecule has 1 aliphatic rings. The van der Waals surface area contributed by atoms with Gasteiger partial charge >= 0.3 is 0 Å². The van der Waals surface area contributed by atoms with Crippen molar-refractivity contribution in [3.8, 4) is 0 Å². The molecule has 0 radical (unpaired) electrons. The Morgan fingerprint density at radius 2 is 2.00 bits per heavy atom. The van der Waals surface area contributed by atoms with Crippen LogP contribution >= 0.6 is 15.9 Å². The molecule has 15 heavy (non-hydrogen) atoms. The number of hydrogen-bond donors (Lipinski definition) is 1. The van der Waals surface area contributed by atoms with Gasteiger partial charge < -0.3 is 5.32 Å². The minimum absolute atomic E-state index is 0.243. The molecule has 0 bridgehead atoms. The van der Waals surface area contributed by atoms with Crippen molar-refractivity contribution in [2.75, 3.05) is 6.54 Å². The molecule has 1 atom stereocenters. The average molecular weight is 276 g/mol. The Balaban J connectivity index is 2.48. The van der Waals surface area contributed by atoms with Crippen molar-refractivity contribution in [1.29, 1.82) is 0 Å². The maximum absolute atomic E-state index is 13.2. The van der Waals surface area contributed by atoms with Gasteiger partial charge in [-0.15, -0.1) is 0 Å². The topological polar surface area (TPSA) is 12.0 Å². The molecule has 0 amide bonds. The number of rotatable bonds is 1. The summed E-state index contributed by atoms with van der Waals surface area (Å²) in [6.45, 7) is 2.93. The first-order chi connectivity index (χ1) is 7.03. The van der Waals surface area contributed by atoms with Gasteiger partial charge in [0.05, 0.1) is 0 Å². The van der Waals surface area contributed by atoms with E-state index in [0.717, 1.165) is 24.9 Å². The van der Waals surface area contributed by atoms with Gasteiger partial charge in [0, 0.05) is 10.0 Å². The van der Waals surface area contributed by atoms with Crippen molar-refractivity contribution in [2.45, 2.75) is 25.3 Å². The maximum Gasteiger partial charge on any atom is 0.159 e. The molecule has 2 rings (SSSR count). The van der Waals surface area contributed by atoms with Crippen LogP contribution in [0.5, 0.6) is 0 Å². The fraction of sp³-hybridized carbons (Fsp3) is 0.455. The lowest BCUT2D eigenvalue weighted by atomic mass is 9.90. The fourth-order valence-electron chi connectivity index (χ4n) is 2.07. The molecule has 1 unspecified atom stereocenters. The third-order valence-corrected chi connectivity index (χ3v) is 3.63. The second-order valence-corrected chi connectivity index (χ2v) is 4.96. The van der Waals surface area contributed by atoms with Gasteiger partial charge in [-0.3, -0.25) is 0 Å². The Morgan fingerprint density at radius 1 is 1.33 bits per heavy atom. The predicted octanol–water partition coefficient (Wildman–Crippen LogP) is 3.33. The zero-order valence-electron chi connectivity index (χ0n) is 8.41. The van der Waals surface area contributed by atoms with E-state index in [1.54, 1.807) is 0 Å². The monoisotopic (exact) mass is 275 g/mol. The van der Waals surface area contributed by atoms with Crippen LogP contribution in [0.3, 0.4) is 0 Å². The third-order valence-electron chi connectivity index (χ3n) is 2.97. The number of nitrogens with one attached hydrogen (secondary N) is 1. The van der Waals surface area contributed by atoms with E-state index in [1.807, 2.05) is 6.92 Å². The molecule has 1 aromatic carbocycles. The van der Waals surface area contributed by atoms with E-state index in [2.05, 4.69) is 21.2 Å². The van der Waals surface area contributed by atoms with Gasteiger partial charge in [0.2, 0.25) is 0 Å². The second kappa shape index (κ2) is 3.83. The quantitative estimate of drug-likeness (QED) is 0.776. The van der Waals surface area contributed by atoms with Crippen molar-refractivity contribution in [3.05, 3.63) is 33.8 Å². The lowest BCUT2D eigenvalue weighted by Gasteiger charge is -2.26. The first-order valence-electron chi connectivity index (χ1n) is 4.93. The average Bonchev–Trinajstić information content (AvgIpc) is 2.60. The summed E-state index contributed by atoms with van der Waals surface area (Å²) in [5.74, 6) is -1.60. The van der Waals surface area contributed by atoms with E-state index < -0.39 is 11.6 Å². The summed E-state index contributed by atoms with van der Waals surface area (Å²) in [5.41, 5.74) is 0.548. The summed E-state index contributed by atoms with van der Waals surface area (Å²) >= 11 is 3.28. The van der Waals surface area contributed by atoms with Crippen LogP contribution < -0.4 is 5.32 Å². The summed E-state index contributed by atoms with van der Waals surface area (Å²) < 4.78 is 26.7. The Bertz CT molecular complexity index is 386. The lowest BCUT2D eigenvalue weighted by Crippen LogP contribution is -2.33. The van der Waals surface area contributed by atoms with Crippen molar-refractivity contribution in [1.82, 2.24) is 5.32 Å². The van der Waals surface area contributed by atoms with Gasteiger partial charge in [0.15, 0.2) is 11.6 Å². The normalized spacial score (nSPS) is 25.9. The van der Waals surface area contributed by atoms with E-state index in [4.69, 9.17) is 0 Å². The number of halogens is 3. The summed E-state index contributed by atoms with van der Waals surface area (Å²) in [6.07, 6.45) is 2.00. The minimum Gasteiger partial charge on any atom is -0.308 e. The van der Waals surface area contributed by atoms with Gasteiger partial charge in [-0.05, 0) is 44.0 Å². The Hall–Kier alpha value is -0.480.